The zero-order chi connectivity index (χ0) is 22.0. The Bertz CT molecular complexity index is 799. The SMILES string of the molecule is CN=C(NCCN1CCN(c2ncccn2)CC1)NCC(c1ccco1)N1CCCCC1. The van der Waals surface area contributed by atoms with Gasteiger partial charge in [-0.2, -0.15) is 0 Å². The summed E-state index contributed by atoms with van der Waals surface area (Å²) in [6.07, 6.45) is 9.22. The van der Waals surface area contributed by atoms with Crippen LogP contribution >= 0.6 is 0 Å². The number of guanidine groups is 1. The van der Waals surface area contributed by atoms with Crippen LogP contribution in [0.15, 0.2) is 46.3 Å². The van der Waals surface area contributed by atoms with Crippen molar-refractivity contribution in [3.63, 3.8) is 0 Å². The van der Waals surface area contributed by atoms with E-state index in [9.17, 15) is 0 Å². The second kappa shape index (κ2) is 11.8. The molecule has 32 heavy (non-hydrogen) atoms. The van der Waals surface area contributed by atoms with Gasteiger partial charge in [0.15, 0.2) is 5.96 Å². The molecule has 0 aromatic carbocycles. The summed E-state index contributed by atoms with van der Waals surface area (Å²) >= 11 is 0. The van der Waals surface area contributed by atoms with E-state index in [1.165, 1.54) is 19.3 Å². The number of aliphatic imine (C=N–C) groups is 1. The summed E-state index contributed by atoms with van der Waals surface area (Å²) in [6.45, 7) is 8.81. The van der Waals surface area contributed by atoms with E-state index in [1.807, 2.05) is 19.2 Å². The molecule has 0 saturated carbocycles. The largest absolute Gasteiger partial charge is 0.468 e. The van der Waals surface area contributed by atoms with Gasteiger partial charge in [0.05, 0.1) is 12.3 Å². The Morgan fingerprint density at radius 3 is 2.50 bits per heavy atom. The first-order valence-corrected chi connectivity index (χ1v) is 11.8. The molecule has 0 aliphatic carbocycles. The summed E-state index contributed by atoms with van der Waals surface area (Å²) in [5, 5.41) is 6.99. The highest BCUT2D eigenvalue weighted by molar-refractivity contribution is 5.79. The van der Waals surface area contributed by atoms with Crippen molar-refractivity contribution in [2.24, 2.45) is 4.99 Å². The average molecular weight is 441 g/mol. The minimum Gasteiger partial charge on any atom is -0.468 e. The van der Waals surface area contributed by atoms with E-state index in [4.69, 9.17) is 4.42 Å². The highest BCUT2D eigenvalue weighted by atomic mass is 16.3. The fourth-order valence-corrected chi connectivity index (χ4v) is 4.49. The zero-order valence-corrected chi connectivity index (χ0v) is 19.1. The normalized spacial score (nSPS) is 19.7. The van der Waals surface area contributed by atoms with Crippen LogP contribution in [0.3, 0.4) is 0 Å². The Balaban J connectivity index is 1.19. The first kappa shape index (κ1) is 22.5. The molecule has 1 atom stereocenters. The summed E-state index contributed by atoms with van der Waals surface area (Å²) < 4.78 is 5.75. The van der Waals surface area contributed by atoms with E-state index in [0.717, 1.165) is 76.6 Å². The number of piperidine rings is 1. The van der Waals surface area contributed by atoms with Crippen LogP contribution in [-0.2, 0) is 0 Å². The standard InChI is InChI=1S/C23H36N8O/c1-24-22(28-19-20(21-7-5-18-32-21)30-11-3-2-4-12-30)25-10-13-29-14-16-31(17-15-29)23-26-8-6-9-27-23/h5-9,18,20H,2-4,10-17,19H2,1H3,(H2,24,25,28). The quantitative estimate of drug-likeness (QED) is 0.473. The van der Waals surface area contributed by atoms with Crippen LogP contribution in [0.4, 0.5) is 5.95 Å². The number of nitrogens with zero attached hydrogens (tertiary/aromatic N) is 6. The van der Waals surface area contributed by atoms with Crippen LogP contribution < -0.4 is 15.5 Å². The Morgan fingerprint density at radius 2 is 1.81 bits per heavy atom. The van der Waals surface area contributed by atoms with Crippen LogP contribution in [0.1, 0.15) is 31.1 Å². The molecule has 0 amide bonds. The number of anilines is 1. The minimum atomic E-state index is 0.233. The van der Waals surface area contributed by atoms with Crippen LogP contribution in [0, 0.1) is 0 Å². The highest BCUT2D eigenvalue weighted by Gasteiger charge is 2.24. The predicted molar refractivity (Wildman–Crippen MR) is 127 cm³/mol. The van der Waals surface area contributed by atoms with Gasteiger partial charge in [-0.3, -0.25) is 14.8 Å². The van der Waals surface area contributed by atoms with Crippen molar-refractivity contribution in [1.29, 1.82) is 0 Å². The van der Waals surface area contributed by atoms with Gasteiger partial charge in [-0.25, -0.2) is 9.97 Å². The van der Waals surface area contributed by atoms with Gasteiger partial charge >= 0.3 is 0 Å². The molecule has 4 rings (SSSR count). The molecule has 4 heterocycles. The van der Waals surface area contributed by atoms with E-state index in [-0.39, 0.29) is 6.04 Å². The summed E-state index contributed by atoms with van der Waals surface area (Å²) in [7, 11) is 1.83. The van der Waals surface area contributed by atoms with Crippen molar-refractivity contribution in [3.05, 3.63) is 42.6 Å². The zero-order valence-electron chi connectivity index (χ0n) is 19.1. The molecule has 0 radical (unpaired) electrons. The Morgan fingerprint density at radius 1 is 1.03 bits per heavy atom. The number of aromatic nitrogens is 2. The highest BCUT2D eigenvalue weighted by Crippen LogP contribution is 2.24. The average Bonchev–Trinajstić information content (AvgIpc) is 3.39. The van der Waals surface area contributed by atoms with Crippen LogP contribution in [0.25, 0.3) is 0 Å². The number of rotatable bonds is 8. The molecule has 2 saturated heterocycles. The molecular weight excluding hydrogens is 404 g/mol. The number of piperazine rings is 1. The maximum absolute atomic E-state index is 5.75. The molecule has 2 aliphatic heterocycles. The molecule has 2 aromatic rings. The third-order valence-electron chi connectivity index (χ3n) is 6.32. The summed E-state index contributed by atoms with van der Waals surface area (Å²) in [5.41, 5.74) is 0. The molecule has 0 bridgehead atoms. The second-order valence-electron chi connectivity index (χ2n) is 8.39. The van der Waals surface area contributed by atoms with Crippen molar-refractivity contribution in [1.82, 2.24) is 30.4 Å². The molecule has 0 spiro atoms. The first-order valence-electron chi connectivity index (χ1n) is 11.8. The lowest BCUT2D eigenvalue weighted by Crippen LogP contribution is -2.50. The number of nitrogens with one attached hydrogen (secondary N) is 2. The van der Waals surface area contributed by atoms with Crippen LogP contribution in [0.2, 0.25) is 0 Å². The van der Waals surface area contributed by atoms with Gasteiger partial charge < -0.3 is 20.0 Å². The fourth-order valence-electron chi connectivity index (χ4n) is 4.49. The van der Waals surface area contributed by atoms with E-state index >= 15 is 0 Å². The van der Waals surface area contributed by atoms with Crippen LogP contribution in [-0.4, -0.2) is 91.7 Å². The van der Waals surface area contributed by atoms with Gasteiger partial charge in [0.1, 0.15) is 5.76 Å². The summed E-state index contributed by atoms with van der Waals surface area (Å²) in [5.74, 6) is 2.69. The lowest BCUT2D eigenvalue weighted by atomic mass is 10.1. The van der Waals surface area contributed by atoms with E-state index in [0.29, 0.717) is 0 Å². The van der Waals surface area contributed by atoms with E-state index in [2.05, 4.69) is 46.4 Å². The molecule has 1 unspecified atom stereocenters. The first-order chi connectivity index (χ1) is 15.8. The Hall–Kier alpha value is -2.65. The second-order valence-corrected chi connectivity index (χ2v) is 8.39. The van der Waals surface area contributed by atoms with Crippen molar-refractivity contribution in [2.75, 3.05) is 70.9 Å². The topological polar surface area (TPSA) is 85.1 Å². The number of furan rings is 1. The van der Waals surface area contributed by atoms with E-state index < -0.39 is 0 Å². The Labute approximate surface area is 190 Å². The molecular formula is C23H36N8O. The number of hydrogen-bond acceptors (Lipinski definition) is 7. The number of likely N-dealkylation sites (tertiary alicyclic amines) is 1. The molecule has 174 valence electrons. The van der Waals surface area contributed by atoms with Crippen molar-refractivity contribution < 1.29 is 4.42 Å². The van der Waals surface area contributed by atoms with Crippen molar-refractivity contribution in [3.8, 4) is 0 Å². The third kappa shape index (κ3) is 6.20. The van der Waals surface area contributed by atoms with Crippen molar-refractivity contribution >= 4 is 11.9 Å². The summed E-state index contributed by atoms with van der Waals surface area (Å²) in [4.78, 5) is 20.4. The van der Waals surface area contributed by atoms with Gasteiger partial charge in [0, 0.05) is 65.3 Å². The fraction of sp³-hybridized carbons (Fsp3) is 0.609. The van der Waals surface area contributed by atoms with Gasteiger partial charge in [-0.05, 0) is 44.1 Å². The molecule has 2 aromatic heterocycles. The lowest BCUT2D eigenvalue weighted by Gasteiger charge is -2.35. The molecule has 9 heteroatoms. The minimum absolute atomic E-state index is 0.233. The predicted octanol–water partition coefficient (Wildman–Crippen LogP) is 1.58. The maximum Gasteiger partial charge on any atom is 0.225 e. The van der Waals surface area contributed by atoms with Crippen molar-refractivity contribution in [2.45, 2.75) is 25.3 Å². The third-order valence-corrected chi connectivity index (χ3v) is 6.32. The molecule has 9 nitrogen and oxygen atoms in total. The maximum atomic E-state index is 5.75. The van der Waals surface area contributed by atoms with Gasteiger partial charge in [0.25, 0.3) is 0 Å². The monoisotopic (exact) mass is 440 g/mol. The van der Waals surface area contributed by atoms with Crippen LogP contribution in [0.5, 0.6) is 0 Å². The Kier molecular flexibility index (Phi) is 8.33. The van der Waals surface area contributed by atoms with Gasteiger partial charge in [-0.1, -0.05) is 6.42 Å². The molecule has 2 fully saturated rings. The molecule has 2 N–H and O–H groups in total. The van der Waals surface area contributed by atoms with E-state index in [1.54, 1.807) is 18.7 Å². The van der Waals surface area contributed by atoms with Gasteiger partial charge in [-0.15, -0.1) is 0 Å². The number of hydrogen-bond donors (Lipinski definition) is 2. The lowest BCUT2D eigenvalue weighted by molar-refractivity contribution is 0.146. The van der Waals surface area contributed by atoms with Gasteiger partial charge in [0.2, 0.25) is 5.95 Å². The summed E-state index contributed by atoms with van der Waals surface area (Å²) in [6, 6.07) is 6.15. The smallest absolute Gasteiger partial charge is 0.225 e. The molecule has 2 aliphatic rings.